The number of ether oxygens (including phenoxy) is 1. The first kappa shape index (κ1) is 18.2. The highest BCUT2D eigenvalue weighted by Gasteiger charge is 2.35. The third-order valence-corrected chi connectivity index (χ3v) is 3.93. The molecule has 0 radical (unpaired) electrons. The second-order valence-electron chi connectivity index (χ2n) is 5.77. The molecule has 24 heavy (non-hydrogen) atoms. The van der Waals surface area contributed by atoms with E-state index in [-0.39, 0.29) is 24.5 Å². The van der Waals surface area contributed by atoms with Gasteiger partial charge in [-0.2, -0.15) is 5.48 Å². The van der Waals surface area contributed by atoms with Crippen molar-refractivity contribution in [3.05, 3.63) is 48.6 Å². The minimum Gasteiger partial charge on any atom is -0.460 e. The Kier molecular flexibility index (Phi) is 6.96. The van der Waals surface area contributed by atoms with Gasteiger partial charge in [0, 0.05) is 19.5 Å². The van der Waals surface area contributed by atoms with Gasteiger partial charge in [-0.1, -0.05) is 43.0 Å². The minimum absolute atomic E-state index is 0.0129. The van der Waals surface area contributed by atoms with Gasteiger partial charge in [-0.3, -0.25) is 9.63 Å². The summed E-state index contributed by atoms with van der Waals surface area (Å²) in [5.41, 5.74) is 4.06. The molecule has 1 aliphatic heterocycles. The van der Waals surface area contributed by atoms with E-state index in [1.165, 1.54) is 13.0 Å². The highest BCUT2D eigenvalue weighted by molar-refractivity contribution is 5.83. The Bertz CT molecular complexity index is 561. The third kappa shape index (κ3) is 5.18. The lowest BCUT2D eigenvalue weighted by Gasteiger charge is -2.37. The number of esters is 1. The van der Waals surface area contributed by atoms with Crippen molar-refractivity contribution in [3.8, 4) is 0 Å². The third-order valence-electron chi connectivity index (χ3n) is 3.93. The zero-order valence-electron chi connectivity index (χ0n) is 13.9. The standard InChI is InChI=1S/C18H24N2O4/c1-3-11-23-18(22)17-10-9-16(12-20(17)14(2)21)19-24-13-15-7-5-4-6-8-15/h3-8,16-17,19H,1,9-13H2,2H3/t16-,17+/m1/s1. The summed E-state index contributed by atoms with van der Waals surface area (Å²) in [5, 5.41) is 0. The van der Waals surface area contributed by atoms with Crippen LogP contribution in [0, 0.1) is 0 Å². The van der Waals surface area contributed by atoms with Crippen LogP contribution in [0.4, 0.5) is 0 Å². The fraction of sp³-hybridized carbons (Fsp3) is 0.444. The number of carbonyl (C=O) groups is 2. The van der Waals surface area contributed by atoms with Gasteiger partial charge in [0.2, 0.25) is 5.91 Å². The normalized spacial score (nSPS) is 20.5. The van der Waals surface area contributed by atoms with Crippen LogP contribution in [-0.4, -0.2) is 42.0 Å². The lowest BCUT2D eigenvalue weighted by molar-refractivity contribution is -0.157. The van der Waals surface area contributed by atoms with Crippen molar-refractivity contribution < 1.29 is 19.2 Å². The van der Waals surface area contributed by atoms with Crippen LogP contribution in [0.2, 0.25) is 0 Å². The minimum atomic E-state index is -0.533. The average Bonchev–Trinajstić information content (AvgIpc) is 2.60. The van der Waals surface area contributed by atoms with Crippen molar-refractivity contribution in [2.75, 3.05) is 13.2 Å². The van der Waals surface area contributed by atoms with Crippen molar-refractivity contribution >= 4 is 11.9 Å². The SMILES string of the molecule is C=CCOC(=O)[C@@H]1CC[C@@H](NOCc2ccccc2)CN1C(C)=O. The Morgan fingerprint density at radius 1 is 1.33 bits per heavy atom. The molecular formula is C18H24N2O4. The lowest BCUT2D eigenvalue weighted by atomic mass is 9.98. The second kappa shape index (κ2) is 9.20. The number of hydrogen-bond acceptors (Lipinski definition) is 5. The van der Waals surface area contributed by atoms with E-state index in [0.717, 1.165) is 12.0 Å². The fourth-order valence-corrected chi connectivity index (χ4v) is 2.71. The molecule has 1 fully saturated rings. The summed E-state index contributed by atoms with van der Waals surface area (Å²) < 4.78 is 5.08. The molecular weight excluding hydrogens is 308 g/mol. The number of benzene rings is 1. The van der Waals surface area contributed by atoms with Crippen molar-refractivity contribution in [3.63, 3.8) is 0 Å². The monoisotopic (exact) mass is 332 g/mol. The molecule has 1 heterocycles. The van der Waals surface area contributed by atoms with E-state index in [1.807, 2.05) is 30.3 Å². The number of likely N-dealkylation sites (tertiary alicyclic amines) is 1. The molecule has 0 spiro atoms. The molecule has 6 heteroatoms. The van der Waals surface area contributed by atoms with Crippen LogP contribution >= 0.6 is 0 Å². The van der Waals surface area contributed by atoms with Gasteiger partial charge in [0.05, 0.1) is 6.61 Å². The van der Waals surface area contributed by atoms with Crippen LogP contribution in [-0.2, 0) is 25.8 Å². The van der Waals surface area contributed by atoms with E-state index in [4.69, 9.17) is 9.57 Å². The van der Waals surface area contributed by atoms with Gasteiger partial charge in [0.1, 0.15) is 12.6 Å². The van der Waals surface area contributed by atoms with Crippen LogP contribution in [0.3, 0.4) is 0 Å². The summed E-state index contributed by atoms with van der Waals surface area (Å²) in [6.45, 7) is 5.99. The first-order chi connectivity index (χ1) is 11.6. The summed E-state index contributed by atoms with van der Waals surface area (Å²) in [7, 11) is 0. The van der Waals surface area contributed by atoms with Crippen molar-refractivity contribution in [2.24, 2.45) is 0 Å². The zero-order valence-corrected chi connectivity index (χ0v) is 13.9. The van der Waals surface area contributed by atoms with E-state index < -0.39 is 6.04 Å². The summed E-state index contributed by atoms with van der Waals surface area (Å²) in [5.74, 6) is -0.529. The number of amides is 1. The highest BCUT2D eigenvalue weighted by atomic mass is 16.6. The summed E-state index contributed by atoms with van der Waals surface area (Å²) in [4.78, 5) is 31.0. The smallest absolute Gasteiger partial charge is 0.329 e. The van der Waals surface area contributed by atoms with Crippen LogP contribution in [0.15, 0.2) is 43.0 Å². The van der Waals surface area contributed by atoms with Crippen LogP contribution in [0.1, 0.15) is 25.3 Å². The molecule has 0 bridgehead atoms. The van der Waals surface area contributed by atoms with Gasteiger partial charge in [-0.25, -0.2) is 4.79 Å². The molecule has 130 valence electrons. The lowest BCUT2D eigenvalue weighted by Crippen LogP contribution is -2.55. The van der Waals surface area contributed by atoms with Gasteiger partial charge in [0.15, 0.2) is 0 Å². The summed E-state index contributed by atoms with van der Waals surface area (Å²) in [6.07, 6.45) is 2.79. The van der Waals surface area contributed by atoms with Crippen LogP contribution in [0.25, 0.3) is 0 Å². The zero-order chi connectivity index (χ0) is 17.4. The van der Waals surface area contributed by atoms with E-state index in [1.54, 1.807) is 4.90 Å². The molecule has 0 aliphatic carbocycles. The van der Waals surface area contributed by atoms with Gasteiger partial charge in [-0.15, -0.1) is 0 Å². The molecule has 1 N–H and O–H groups in total. The van der Waals surface area contributed by atoms with Crippen LogP contribution < -0.4 is 5.48 Å². The van der Waals surface area contributed by atoms with Crippen molar-refractivity contribution in [1.82, 2.24) is 10.4 Å². The molecule has 6 nitrogen and oxygen atoms in total. The maximum Gasteiger partial charge on any atom is 0.329 e. The Labute approximate surface area is 142 Å². The van der Waals surface area contributed by atoms with E-state index in [2.05, 4.69) is 12.1 Å². The van der Waals surface area contributed by atoms with Gasteiger partial charge in [-0.05, 0) is 18.4 Å². The molecule has 2 rings (SSSR count). The predicted octanol–water partition coefficient (Wildman–Crippen LogP) is 1.82. The predicted molar refractivity (Wildman–Crippen MR) is 89.7 cm³/mol. The number of rotatable bonds is 7. The largest absolute Gasteiger partial charge is 0.460 e. The average molecular weight is 332 g/mol. The Morgan fingerprint density at radius 3 is 2.75 bits per heavy atom. The van der Waals surface area contributed by atoms with E-state index >= 15 is 0 Å². The number of piperidine rings is 1. The van der Waals surface area contributed by atoms with Gasteiger partial charge < -0.3 is 9.64 Å². The fourth-order valence-electron chi connectivity index (χ4n) is 2.71. The quantitative estimate of drug-likeness (QED) is 0.469. The number of hydrogen-bond donors (Lipinski definition) is 1. The Hall–Kier alpha value is -2.18. The first-order valence-electron chi connectivity index (χ1n) is 8.07. The first-order valence-corrected chi connectivity index (χ1v) is 8.07. The van der Waals surface area contributed by atoms with Gasteiger partial charge in [0.25, 0.3) is 0 Å². The summed E-state index contributed by atoms with van der Waals surface area (Å²) >= 11 is 0. The number of nitrogens with one attached hydrogen (secondary N) is 1. The molecule has 0 saturated carbocycles. The molecule has 2 atom stereocenters. The van der Waals surface area contributed by atoms with Crippen molar-refractivity contribution in [2.45, 2.75) is 38.5 Å². The van der Waals surface area contributed by atoms with Gasteiger partial charge >= 0.3 is 5.97 Å². The molecule has 1 amide bonds. The van der Waals surface area contributed by atoms with E-state index in [9.17, 15) is 9.59 Å². The molecule has 0 aromatic heterocycles. The molecule has 1 aromatic rings. The number of hydroxylamine groups is 1. The molecule has 1 saturated heterocycles. The van der Waals surface area contributed by atoms with E-state index in [0.29, 0.717) is 19.6 Å². The Morgan fingerprint density at radius 2 is 2.08 bits per heavy atom. The van der Waals surface area contributed by atoms with Crippen LogP contribution in [0.5, 0.6) is 0 Å². The maximum atomic E-state index is 12.1. The molecule has 0 unspecified atom stereocenters. The second-order valence-corrected chi connectivity index (χ2v) is 5.77. The maximum absolute atomic E-state index is 12.1. The molecule has 1 aromatic carbocycles. The highest BCUT2D eigenvalue weighted by Crippen LogP contribution is 2.19. The number of carbonyl (C=O) groups excluding carboxylic acids is 2. The number of nitrogens with zero attached hydrogens (tertiary/aromatic N) is 1. The molecule has 1 aliphatic rings. The topological polar surface area (TPSA) is 67.9 Å². The Balaban J connectivity index is 1.84. The van der Waals surface area contributed by atoms with Crippen molar-refractivity contribution in [1.29, 1.82) is 0 Å². The summed E-state index contributed by atoms with van der Waals surface area (Å²) in [6, 6.07) is 9.28.